The zero-order valence-electron chi connectivity index (χ0n) is 14.6. The predicted octanol–water partition coefficient (Wildman–Crippen LogP) is 2.81. The summed E-state index contributed by atoms with van der Waals surface area (Å²) in [6, 6.07) is 5.06. The molecule has 0 radical (unpaired) electrons. The molecular formula is C18H26N2O3. The van der Waals surface area contributed by atoms with E-state index in [1.54, 1.807) is 11.0 Å². The Balaban J connectivity index is 0.000000615. The highest BCUT2D eigenvalue weighted by Gasteiger charge is 2.39. The van der Waals surface area contributed by atoms with E-state index in [2.05, 4.69) is 5.32 Å². The van der Waals surface area contributed by atoms with Gasteiger partial charge in [-0.15, -0.1) is 0 Å². The van der Waals surface area contributed by atoms with Crippen LogP contribution in [0.2, 0.25) is 0 Å². The van der Waals surface area contributed by atoms with Crippen molar-refractivity contribution in [3.63, 3.8) is 0 Å². The molecule has 5 heteroatoms. The molecule has 2 heterocycles. The number of benzene rings is 1. The lowest BCUT2D eigenvalue weighted by molar-refractivity contribution is -0.136. The molecule has 1 atom stereocenters. The fourth-order valence-electron chi connectivity index (χ4n) is 2.74. The fourth-order valence-corrected chi connectivity index (χ4v) is 2.74. The van der Waals surface area contributed by atoms with Gasteiger partial charge in [0.15, 0.2) is 0 Å². The number of nitrogens with zero attached hydrogens (tertiary/aromatic N) is 1. The second-order valence-electron chi connectivity index (χ2n) is 5.00. The van der Waals surface area contributed by atoms with Crippen LogP contribution < -0.4 is 5.32 Å². The molecule has 1 N–H and O–H groups in total. The number of fused-ring (bicyclic) bond motifs is 1. The van der Waals surface area contributed by atoms with Gasteiger partial charge >= 0.3 is 0 Å². The average molecular weight is 318 g/mol. The Morgan fingerprint density at radius 3 is 2.30 bits per heavy atom. The van der Waals surface area contributed by atoms with Gasteiger partial charge in [-0.05, 0) is 30.5 Å². The van der Waals surface area contributed by atoms with Crippen LogP contribution in [0.15, 0.2) is 18.2 Å². The standard InChI is InChI=1S/C14H14N2O3.2C2H6/c1-8-3-2-4-9-10(8)7-16(14(9)19)11-5-6-12(17)15-13(11)18;2*1-2/h2-4,11H,5-7H2,1H3,(H,15,17,18);2*1-2H3. The zero-order chi connectivity index (χ0) is 17.6. The molecule has 1 aromatic rings. The zero-order valence-corrected chi connectivity index (χ0v) is 14.6. The summed E-state index contributed by atoms with van der Waals surface area (Å²) in [5, 5.41) is 2.30. The predicted molar refractivity (Wildman–Crippen MR) is 89.9 cm³/mol. The van der Waals surface area contributed by atoms with Gasteiger partial charge < -0.3 is 4.90 Å². The van der Waals surface area contributed by atoms with Crippen molar-refractivity contribution in [1.29, 1.82) is 0 Å². The number of hydrogen-bond acceptors (Lipinski definition) is 3. The van der Waals surface area contributed by atoms with Gasteiger partial charge in [0.05, 0.1) is 0 Å². The number of aryl methyl sites for hydroxylation is 1. The number of piperidine rings is 1. The summed E-state index contributed by atoms with van der Waals surface area (Å²) in [6.07, 6.45) is 0.693. The molecule has 0 aliphatic carbocycles. The van der Waals surface area contributed by atoms with E-state index in [9.17, 15) is 14.4 Å². The van der Waals surface area contributed by atoms with Crippen LogP contribution in [0.4, 0.5) is 0 Å². The van der Waals surface area contributed by atoms with Crippen molar-refractivity contribution < 1.29 is 14.4 Å². The summed E-state index contributed by atoms with van der Waals surface area (Å²) in [5.74, 6) is -0.746. The van der Waals surface area contributed by atoms with Crippen molar-refractivity contribution in [3.05, 3.63) is 34.9 Å². The highest BCUT2D eigenvalue weighted by Crippen LogP contribution is 2.29. The lowest BCUT2D eigenvalue weighted by Crippen LogP contribution is -2.52. The first-order valence-electron chi connectivity index (χ1n) is 8.31. The van der Waals surface area contributed by atoms with E-state index in [1.807, 2.05) is 46.8 Å². The number of imide groups is 1. The first-order chi connectivity index (χ1) is 11.1. The van der Waals surface area contributed by atoms with Crippen LogP contribution >= 0.6 is 0 Å². The van der Waals surface area contributed by atoms with E-state index < -0.39 is 6.04 Å². The van der Waals surface area contributed by atoms with Crippen LogP contribution in [-0.4, -0.2) is 28.7 Å². The van der Waals surface area contributed by atoms with Gasteiger partial charge in [0.25, 0.3) is 5.91 Å². The van der Waals surface area contributed by atoms with Gasteiger partial charge in [0, 0.05) is 18.5 Å². The molecule has 1 fully saturated rings. The number of carbonyl (C=O) groups excluding carboxylic acids is 3. The molecule has 5 nitrogen and oxygen atoms in total. The maximum absolute atomic E-state index is 12.3. The molecule has 3 rings (SSSR count). The van der Waals surface area contributed by atoms with E-state index in [0.717, 1.165) is 11.1 Å². The molecule has 126 valence electrons. The van der Waals surface area contributed by atoms with Crippen LogP contribution in [-0.2, 0) is 16.1 Å². The van der Waals surface area contributed by atoms with Crippen LogP contribution in [0.25, 0.3) is 0 Å². The van der Waals surface area contributed by atoms with E-state index >= 15 is 0 Å². The molecule has 1 unspecified atom stereocenters. The van der Waals surface area contributed by atoms with Gasteiger partial charge in [0.2, 0.25) is 11.8 Å². The quantitative estimate of drug-likeness (QED) is 0.810. The third-order valence-corrected chi connectivity index (χ3v) is 3.82. The Morgan fingerprint density at radius 1 is 1.09 bits per heavy atom. The monoisotopic (exact) mass is 318 g/mol. The molecule has 0 bridgehead atoms. The van der Waals surface area contributed by atoms with E-state index in [1.165, 1.54) is 0 Å². The largest absolute Gasteiger partial charge is 0.322 e. The molecule has 0 spiro atoms. The minimum absolute atomic E-state index is 0.117. The molecular weight excluding hydrogens is 292 g/mol. The van der Waals surface area contributed by atoms with Crippen LogP contribution in [0.5, 0.6) is 0 Å². The Kier molecular flexibility index (Phi) is 6.94. The molecule has 1 saturated heterocycles. The van der Waals surface area contributed by atoms with Gasteiger partial charge in [-0.1, -0.05) is 39.8 Å². The topological polar surface area (TPSA) is 66.5 Å². The molecule has 1 aromatic carbocycles. The van der Waals surface area contributed by atoms with Gasteiger partial charge in [0.1, 0.15) is 6.04 Å². The number of hydrogen-bond donors (Lipinski definition) is 1. The van der Waals surface area contributed by atoms with E-state index in [-0.39, 0.29) is 24.1 Å². The molecule has 0 saturated carbocycles. The van der Waals surface area contributed by atoms with Crippen molar-refractivity contribution in [2.24, 2.45) is 0 Å². The maximum Gasteiger partial charge on any atom is 0.255 e. The SMILES string of the molecule is CC.CC.Cc1cccc2c1CN(C1CCC(=O)NC1=O)C2=O. The molecule has 2 aliphatic heterocycles. The third-order valence-electron chi connectivity index (χ3n) is 3.82. The Hall–Kier alpha value is -2.17. The molecule has 0 aromatic heterocycles. The van der Waals surface area contributed by atoms with E-state index in [4.69, 9.17) is 0 Å². The lowest BCUT2D eigenvalue weighted by atomic mass is 10.0. The van der Waals surface area contributed by atoms with Crippen molar-refractivity contribution in [3.8, 4) is 0 Å². The van der Waals surface area contributed by atoms with Crippen molar-refractivity contribution in [2.45, 2.75) is 60.0 Å². The summed E-state index contributed by atoms with van der Waals surface area (Å²) < 4.78 is 0. The van der Waals surface area contributed by atoms with E-state index in [0.29, 0.717) is 18.5 Å². The number of nitrogens with one attached hydrogen (secondary N) is 1. The van der Waals surface area contributed by atoms with Gasteiger partial charge in [-0.3, -0.25) is 19.7 Å². The second-order valence-corrected chi connectivity index (χ2v) is 5.00. The fraction of sp³-hybridized carbons (Fsp3) is 0.500. The van der Waals surface area contributed by atoms with Gasteiger partial charge in [-0.25, -0.2) is 0 Å². The number of rotatable bonds is 1. The Bertz CT molecular complexity index is 596. The molecule has 3 amide bonds. The maximum atomic E-state index is 12.3. The van der Waals surface area contributed by atoms with Crippen molar-refractivity contribution in [2.75, 3.05) is 0 Å². The summed E-state index contributed by atoms with van der Waals surface area (Å²) in [7, 11) is 0. The van der Waals surface area contributed by atoms with Crippen LogP contribution in [0, 0.1) is 6.92 Å². The average Bonchev–Trinajstić information content (AvgIpc) is 2.90. The summed E-state index contributed by atoms with van der Waals surface area (Å²) in [5.41, 5.74) is 2.71. The van der Waals surface area contributed by atoms with Crippen LogP contribution in [0.3, 0.4) is 0 Å². The lowest BCUT2D eigenvalue weighted by Gasteiger charge is -2.29. The minimum atomic E-state index is -0.531. The first-order valence-corrected chi connectivity index (χ1v) is 8.31. The second kappa shape index (κ2) is 8.46. The third kappa shape index (κ3) is 3.78. The molecule has 23 heavy (non-hydrogen) atoms. The van der Waals surface area contributed by atoms with Crippen molar-refractivity contribution >= 4 is 17.7 Å². The highest BCUT2D eigenvalue weighted by atomic mass is 16.2. The normalized spacial score (nSPS) is 19.1. The Labute approximate surface area is 138 Å². The minimum Gasteiger partial charge on any atom is -0.322 e. The van der Waals surface area contributed by atoms with Crippen LogP contribution in [0.1, 0.15) is 62.0 Å². The highest BCUT2D eigenvalue weighted by molar-refractivity contribution is 6.05. The first kappa shape index (κ1) is 18.9. The van der Waals surface area contributed by atoms with Gasteiger partial charge in [-0.2, -0.15) is 0 Å². The summed E-state index contributed by atoms with van der Waals surface area (Å²) in [4.78, 5) is 36.9. The number of amides is 3. The Morgan fingerprint density at radius 2 is 1.74 bits per heavy atom. The molecule has 2 aliphatic rings. The summed E-state index contributed by atoms with van der Waals surface area (Å²) >= 11 is 0. The number of carbonyl (C=O) groups is 3. The van der Waals surface area contributed by atoms with Crippen molar-refractivity contribution in [1.82, 2.24) is 10.2 Å². The summed E-state index contributed by atoms with van der Waals surface area (Å²) in [6.45, 7) is 10.4. The smallest absolute Gasteiger partial charge is 0.255 e.